The van der Waals surface area contributed by atoms with Crippen LogP contribution in [-0.4, -0.2) is 49.1 Å². The fourth-order valence-corrected chi connectivity index (χ4v) is 3.30. The number of rotatable bonds is 5. The van der Waals surface area contributed by atoms with E-state index in [2.05, 4.69) is 57.9 Å². The lowest BCUT2D eigenvalue weighted by atomic mass is 10.0. The molecular formula is C16H26BrN3. The number of nitrogens with two attached hydrogens (primary N) is 1. The highest BCUT2D eigenvalue weighted by Crippen LogP contribution is 2.20. The zero-order valence-corrected chi connectivity index (χ0v) is 14.1. The molecular weight excluding hydrogens is 314 g/mol. The third-order valence-corrected chi connectivity index (χ3v) is 4.86. The smallest absolute Gasteiger partial charge is 0.0307 e. The van der Waals surface area contributed by atoms with Crippen LogP contribution in [0.4, 0.5) is 0 Å². The van der Waals surface area contributed by atoms with Gasteiger partial charge in [-0.05, 0) is 37.6 Å². The molecule has 0 bridgehead atoms. The van der Waals surface area contributed by atoms with Crippen molar-refractivity contribution in [1.29, 1.82) is 0 Å². The summed E-state index contributed by atoms with van der Waals surface area (Å²) < 4.78 is 1.11. The number of piperazine rings is 1. The molecule has 0 amide bonds. The summed E-state index contributed by atoms with van der Waals surface area (Å²) in [5, 5.41) is 0. The molecule has 1 aromatic carbocycles. The topological polar surface area (TPSA) is 32.5 Å². The Labute approximate surface area is 131 Å². The van der Waals surface area contributed by atoms with Crippen LogP contribution < -0.4 is 5.73 Å². The van der Waals surface area contributed by atoms with Gasteiger partial charge in [0.1, 0.15) is 0 Å². The number of nitrogens with zero attached hydrogens (tertiary/aromatic N) is 2. The number of hydrogen-bond donors (Lipinski definition) is 1. The fourth-order valence-electron chi connectivity index (χ4n) is 2.88. The molecule has 2 rings (SSSR count). The second-order valence-electron chi connectivity index (χ2n) is 5.79. The van der Waals surface area contributed by atoms with E-state index in [1.807, 2.05) is 6.07 Å². The predicted octanol–water partition coefficient (Wildman–Crippen LogP) is 2.87. The standard InChI is InChI=1S/C16H26BrN3/c1-3-15-12-20(10-9-19(15)2)8-7-16(18)13-5-4-6-14(17)11-13/h4-6,11,15-16H,3,7-10,12,18H2,1-2H3. The summed E-state index contributed by atoms with van der Waals surface area (Å²) in [4.78, 5) is 5.04. The van der Waals surface area contributed by atoms with Crippen LogP contribution in [0.1, 0.15) is 31.4 Å². The molecule has 3 nitrogen and oxygen atoms in total. The summed E-state index contributed by atoms with van der Waals surface area (Å²) in [5.74, 6) is 0. The fraction of sp³-hybridized carbons (Fsp3) is 0.625. The van der Waals surface area contributed by atoms with Crippen molar-refractivity contribution in [2.24, 2.45) is 5.73 Å². The van der Waals surface area contributed by atoms with Gasteiger partial charge in [0, 0.05) is 42.7 Å². The van der Waals surface area contributed by atoms with Gasteiger partial charge in [0.15, 0.2) is 0 Å². The number of hydrogen-bond acceptors (Lipinski definition) is 3. The molecule has 1 aliphatic rings. The molecule has 1 aromatic rings. The van der Waals surface area contributed by atoms with E-state index in [-0.39, 0.29) is 6.04 Å². The monoisotopic (exact) mass is 339 g/mol. The predicted molar refractivity (Wildman–Crippen MR) is 88.8 cm³/mol. The Morgan fingerprint density at radius 2 is 2.20 bits per heavy atom. The van der Waals surface area contributed by atoms with Crippen molar-refractivity contribution in [2.45, 2.75) is 31.8 Å². The molecule has 20 heavy (non-hydrogen) atoms. The van der Waals surface area contributed by atoms with Crippen molar-refractivity contribution in [3.8, 4) is 0 Å². The Morgan fingerprint density at radius 1 is 1.40 bits per heavy atom. The summed E-state index contributed by atoms with van der Waals surface area (Å²) >= 11 is 3.51. The van der Waals surface area contributed by atoms with Gasteiger partial charge in [0.05, 0.1) is 0 Å². The minimum absolute atomic E-state index is 0.132. The average molecular weight is 340 g/mol. The second kappa shape index (κ2) is 7.55. The Hall–Kier alpha value is -0.420. The van der Waals surface area contributed by atoms with Gasteiger partial charge in [0.25, 0.3) is 0 Å². The molecule has 4 heteroatoms. The van der Waals surface area contributed by atoms with Gasteiger partial charge in [0.2, 0.25) is 0 Å². The van der Waals surface area contributed by atoms with Crippen molar-refractivity contribution in [3.05, 3.63) is 34.3 Å². The van der Waals surface area contributed by atoms with Gasteiger partial charge < -0.3 is 15.5 Å². The molecule has 1 heterocycles. The molecule has 2 atom stereocenters. The van der Waals surface area contributed by atoms with Crippen molar-refractivity contribution in [2.75, 3.05) is 33.2 Å². The SMILES string of the molecule is CCC1CN(CCC(N)c2cccc(Br)c2)CCN1C. The Kier molecular flexibility index (Phi) is 6.02. The largest absolute Gasteiger partial charge is 0.324 e. The van der Waals surface area contributed by atoms with Crippen LogP contribution in [0.15, 0.2) is 28.7 Å². The van der Waals surface area contributed by atoms with Crippen LogP contribution >= 0.6 is 15.9 Å². The van der Waals surface area contributed by atoms with Gasteiger partial charge in [-0.1, -0.05) is 35.0 Å². The molecule has 0 radical (unpaired) electrons. The Bertz CT molecular complexity index is 424. The minimum Gasteiger partial charge on any atom is -0.324 e. The summed E-state index contributed by atoms with van der Waals surface area (Å²) in [6.45, 7) is 6.89. The van der Waals surface area contributed by atoms with E-state index >= 15 is 0 Å². The first-order chi connectivity index (χ1) is 9.60. The van der Waals surface area contributed by atoms with E-state index < -0.39 is 0 Å². The molecule has 2 N–H and O–H groups in total. The van der Waals surface area contributed by atoms with Crippen molar-refractivity contribution >= 4 is 15.9 Å². The van der Waals surface area contributed by atoms with Crippen molar-refractivity contribution < 1.29 is 0 Å². The van der Waals surface area contributed by atoms with Crippen LogP contribution in [0.25, 0.3) is 0 Å². The third kappa shape index (κ3) is 4.29. The highest BCUT2D eigenvalue weighted by atomic mass is 79.9. The van der Waals surface area contributed by atoms with E-state index in [1.54, 1.807) is 0 Å². The summed E-state index contributed by atoms with van der Waals surface area (Å²) in [6.07, 6.45) is 2.25. The molecule has 1 fully saturated rings. The summed E-state index contributed by atoms with van der Waals surface area (Å²) in [6, 6.07) is 9.18. The molecule has 112 valence electrons. The number of halogens is 1. The highest BCUT2D eigenvalue weighted by molar-refractivity contribution is 9.10. The number of likely N-dealkylation sites (N-methyl/N-ethyl adjacent to an activating group) is 1. The maximum absolute atomic E-state index is 6.32. The van der Waals surface area contributed by atoms with Crippen LogP contribution in [0.3, 0.4) is 0 Å². The lowest BCUT2D eigenvalue weighted by Gasteiger charge is -2.39. The first-order valence-corrected chi connectivity index (χ1v) is 8.33. The quantitative estimate of drug-likeness (QED) is 0.895. The second-order valence-corrected chi connectivity index (χ2v) is 6.71. The van der Waals surface area contributed by atoms with Gasteiger partial charge >= 0.3 is 0 Å². The molecule has 1 aliphatic heterocycles. The van der Waals surface area contributed by atoms with Crippen LogP contribution in [0, 0.1) is 0 Å². The Morgan fingerprint density at radius 3 is 2.90 bits per heavy atom. The summed E-state index contributed by atoms with van der Waals surface area (Å²) in [5.41, 5.74) is 7.54. The zero-order valence-electron chi connectivity index (χ0n) is 12.6. The van der Waals surface area contributed by atoms with Crippen molar-refractivity contribution in [3.63, 3.8) is 0 Å². The normalized spacial score (nSPS) is 22.9. The van der Waals surface area contributed by atoms with Gasteiger partial charge in [-0.3, -0.25) is 0 Å². The summed E-state index contributed by atoms with van der Waals surface area (Å²) in [7, 11) is 2.23. The van der Waals surface area contributed by atoms with E-state index in [1.165, 1.54) is 25.1 Å². The molecule has 2 unspecified atom stereocenters. The van der Waals surface area contributed by atoms with Crippen molar-refractivity contribution in [1.82, 2.24) is 9.80 Å². The lowest BCUT2D eigenvalue weighted by Crippen LogP contribution is -2.51. The average Bonchev–Trinajstić information content (AvgIpc) is 2.46. The van der Waals surface area contributed by atoms with Gasteiger partial charge in [-0.2, -0.15) is 0 Å². The molecule has 0 aromatic heterocycles. The third-order valence-electron chi connectivity index (χ3n) is 4.37. The lowest BCUT2D eigenvalue weighted by molar-refractivity contribution is 0.0911. The number of benzene rings is 1. The maximum Gasteiger partial charge on any atom is 0.0307 e. The van der Waals surface area contributed by atoms with Gasteiger partial charge in [-0.25, -0.2) is 0 Å². The van der Waals surface area contributed by atoms with E-state index in [9.17, 15) is 0 Å². The van der Waals surface area contributed by atoms with Crippen LogP contribution in [-0.2, 0) is 0 Å². The van der Waals surface area contributed by atoms with E-state index in [0.29, 0.717) is 6.04 Å². The first kappa shape index (κ1) is 16.0. The van der Waals surface area contributed by atoms with E-state index in [0.717, 1.165) is 24.0 Å². The van der Waals surface area contributed by atoms with Crippen LogP contribution in [0.5, 0.6) is 0 Å². The highest BCUT2D eigenvalue weighted by Gasteiger charge is 2.22. The first-order valence-electron chi connectivity index (χ1n) is 7.53. The molecule has 1 saturated heterocycles. The van der Waals surface area contributed by atoms with Gasteiger partial charge in [-0.15, -0.1) is 0 Å². The van der Waals surface area contributed by atoms with E-state index in [4.69, 9.17) is 5.73 Å². The maximum atomic E-state index is 6.32. The minimum atomic E-state index is 0.132. The van der Waals surface area contributed by atoms with Crippen LogP contribution in [0.2, 0.25) is 0 Å². The molecule has 0 spiro atoms. The molecule has 0 saturated carbocycles. The molecule has 0 aliphatic carbocycles. The Balaban J connectivity index is 1.83. The zero-order chi connectivity index (χ0) is 14.5.